The van der Waals surface area contributed by atoms with Crippen LogP contribution in [-0.4, -0.2) is 20.5 Å². The van der Waals surface area contributed by atoms with Gasteiger partial charge in [0.05, 0.1) is 17.4 Å². The topological polar surface area (TPSA) is 48.3 Å². The molecule has 0 aliphatic heterocycles. The molecule has 0 radical (unpaired) electrons. The highest BCUT2D eigenvalue weighted by molar-refractivity contribution is 7.91. The Balaban J connectivity index is 2.89. The number of aromatic nitrogens is 1. The van der Waals surface area contributed by atoms with Crippen LogP contribution in [-0.2, 0) is 11.4 Å². The molecule has 0 aromatic carbocycles. The maximum Gasteiger partial charge on any atom is 0.160 e. The zero-order valence-electron chi connectivity index (χ0n) is 9.20. The molecule has 0 aliphatic rings. The molecule has 0 bridgehead atoms. The molecule has 1 unspecified atom stereocenters. The van der Waals surface area contributed by atoms with Crippen LogP contribution < -0.4 is 0 Å². The molecule has 0 N–H and O–H groups in total. The molecule has 6 heteroatoms. The summed E-state index contributed by atoms with van der Waals surface area (Å²) in [7, 11) is 0. The van der Waals surface area contributed by atoms with Crippen molar-refractivity contribution in [3.8, 4) is 0 Å². The van der Waals surface area contributed by atoms with Crippen LogP contribution in [0.1, 0.15) is 26.3 Å². The van der Waals surface area contributed by atoms with E-state index in [2.05, 4.69) is 9.38 Å². The van der Waals surface area contributed by atoms with Crippen LogP contribution in [0.5, 0.6) is 0 Å². The zero-order valence-corrected chi connectivity index (χ0v) is 10.8. The van der Waals surface area contributed by atoms with Crippen molar-refractivity contribution in [2.24, 2.45) is 4.40 Å². The first-order chi connectivity index (χ1) is 7.32. The number of hydrogen-bond acceptors (Lipinski definition) is 3. The van der Waals surface area contributed by atoms with Gasteiger partial charge in [-0.1, -0.05) is 16.0 Å². The SMILES string of the molecule is CC(C)(C)[S+]([O-])/N=C/c1cncc(F)c1Cl. The Morgan fingerprint density at radius 1 is 1.50 bits per heavy atom. The largest absolute Gasteiger partial charge is 0.591 e. The second kappa shape index (κ2) is 5.12. The minimum atomic E-state index is -1.39. The maximum atomic E-state index is 13.0. The molecule has 1 rings (SSSR count). The molecule has 1 heterocycles. The molecule has 16 heavy (non-hydrogen) atoms. The minimum Gasteiger partial charge on any atom is -0.591 e. The number of pyridine rings is 1. The van der Waals surface area contributed by atoms with Crippen LogP contribution in [0.3, 0.4) is 0 Å². The summed E-state index contributed by atoms with van der Waals surface area (Å²) in [6.45, 7) is 5.39. The summed E-state index contributed by atoms with van der Waals surface area (Å²) >= 11 is 4.29. The lowest BCUT2D eigenvalue weighted by molar-refractivity contribution is 0.562. The summed E-state index contributed by atoms with van der Waals surface area (Å²) < 4.78 is 28.0. The number of hydrogen-bond donors (Lipinski definition) is 0. The van der Waals surface area contributed by atoms with Crippen molar-refractivity contribution < 1.29 is 8.94 Å². The van der Waals surface area contributed by atoms with E-state index in [-0.39, 0.29) is 5.02 Å². The number of halogens is 2. The van der Waals surface area contributed by atoms with E-state index < -0.39 is 21.9 Å². The number of nitrogens with zero attached hydrogens (tertiary/aromatic N) is 2. The molecule has 0 saturated heterocycles. The van der Waals surface area contributed by atoms with E-state index in [4.69, 9.17) is 11.6 Å². The third-order valence-corrected chi connectivity index (χ3v) is 3.42. The highest BCUT2D eigenvalue weighted by Crippen LogP contribution is 2.19. The van der Waals surface area contributed by atoms with Crippen LogP contribution in [0, 0.1) is 5.82 Å². The van der Waals surface area contributed by atoms with Gasteiger partial charge < -0.3 is 4.55 Å². The van der Waals surface area contributed by atoms with E-state index in [1.807, 2.05) is 0 Å². The van der Waals surface area contributed by atoms with Crippen molar-refractivity contribution >= 4 is 29.2 Å². The highest BCUT2D eigenvalue weighted by Gasteiger charge is 2.25. The Bertz CT molecular complexity index is 406. The van der Waals surface area contributed by atoms with Crippen molar-refractivity contribution in [3.05, 3.63) is 28.8 Å². The lowest BCUT2D eigenvalue weighted by Crippen LogP contribution is -2.25. The Morgan fingerprint density at radius 2 is 2.12 bits per heavy atom. The quantitative estimate of drug-likeness (QED) is 0.608. The summed E-state index contributed by atoms with van der Waals surface area (Å²) in [5.41, 5.74) is 0.319. The molecule has 1 aromatic rings. The summed E-state index contributed by atoms with van der Waals surface area (Å²) in [6, 6.07) is 0. The molecule has 0 amide bonds. The predicted octanol–water partition coefficient (Wildman–Crippen LogP) is 2.76. The van der Waals surface area contributed by atoms with Gasteiger partial charge in [0.2, 0.25) is 0 Å². The molecule has 3 nitrogen and oxygen atoms in total. The molecule has 0 aliphatic carbocycles. The van der Waals surface area contributed by atoms with Gasteiger partial charge >= 0.3 is 0 Å². The fraction of sp³-hybridized carbons (Fsp3) is 0.400. The van der Waals surface area contributed by atoms with Crippen LogP contribution in [0.4, 0.5) is 4.39 Å². The van der Waals surface area contributed by atoms with Gasteiger partial charge in [0.25, 0.3) is 0 Å². The summed E-state index contributed by atoms with van der Waals surface area (Å²) in [4.78, 5) is 3.64. The van der Waals surface area contributed by atoms with Gasteiger partial charge in [-0.3, -0.25) is 4.98 Å². The van der Waals surface area contributed by atoms with Gasteiger partial charge in [0.1, 0.15) is 16.1 Å². The van der Waals surface area contributed by atoms with E-state index in [0.717, 1.165) is 6.20 Å². The maximum absolute atomic E-state index is 13.0. The molecular weight excluding hydrogens is 251 g/mol. The van der Waals surface area contributed by atoms with Gasteiger partial charge in [0, 0.05) is 11.8 Å². The Hall–Kier alpha value is -0.650. The monoisotopic (exact) mass is 262 g/mol. The second-order valence-corrected chi connectivity index (χ2v) is 6.43. The number of rotatable bonds is 2. The first-order valence-electron chi connectivity index (χ1n) is 4.57. The van der Waals surface area contributed by atoms with Crippen LogP contribution >= 0.6 is 11.6 Å². The fourth-order valence-electron chi connectivity index (χ4n) is 0.787. The summed E-state index contributed by atoms with van der Waals surface area (Å²) in [5.74, 6) is -0.618. The van der Waals surface area contributed by atoms with Gasteiger partial charge in [-0.25, -0.2) is 4.39 Å². The standard InChI is InChI=1S/C10H12ClFN2OS/c1-10(2,3)16(15)14-5-7-4-13-6-8(12)9(7)11/h4-6H,1-3H3/b14-5+. The summed E-state index contributed by atoms with van der Waals surface area (Å²) in [6.07, 6.45) is 3.66. The Kier molecular flexibility index (Phi) is 4.29. The van der Waals surface area contributed by atoms with E-state index in [1.165, 1.54) is 12.4 Å². The lowest BCUT2D eigenvalue weighted by atomic mass is 10.3. The second-order valence-electron chi connectivity index (χ2n) is 4.12. The van der Waals surface area contributed by atoms with E-state index in [0.29, 0.717) is 5.56 Å². The molecule has 88 valence electrons. The van der Waals surface area contributed by atoms with Crippen LogP contribution in [0.2, 0.25) is 5.02 Å². The normalized spacial score (nSPS) is 14.4. The zero-order chi connectivity index (χ0) is 12.3. The van der Waals surface area contributed by atoms with Gasteiger partial charge in [-0.15, -0.1) is 0 Å². The van der Waals surface area contributed by atoms with Gasteiger partial charge in [-0.2, -0.15) is 0 Å². The highest BCUT2D eigenvalue weighted by atomic mass is 35.5. The smallest absolute Gasteiger partial charge is 0.160 e. The molecule has 0 fully saturated rings. The molecule has 1 aromatic heterocycles. The molecule has 1 atom stereocenters. The van der Waals surface area contributed by atoms with Gasteiger partial charge in [-0.05, 0) is 20.8 Å². The average molecular weight is 263 g/mol. The third kappa shape index (κ3) is 3.43. The van der Waals surface area contributed by atoms with E-state index >= 15 is 0 Å². The summed E-state index contributed by atoms with van der Waals surface area (Å²) in [5, 5.41) is -0.0651. The first-order valence-corrected chi connectivity index (χ1v) is 6.06. The van der Waals surface area contributed by atoms with E-state index in [1.54, 1.807) is 20.8 Å². The lowest BCUT2D eigenvalue weighted by Gasteiger charge is -2.17. The Labute approximate surface area is 102 Å². The average Bonchev–Trinajstić information content (AvgIpc) is 2.18. The van der Waals surface area contributed by atoms with Crippen molar-refractivity contribution in [2.45, 2.75) is 25.5 Å². The van der Waals surface area contributed by atoms with Gasteiger partial charge in [0.15, 0.2) is 5.82 Å². The first kappa shape index (κ1) is 13.4. The van der Waals surface area contributed by atoms with Crippen molar-refractivity contribution in [3.63, 3.8) is 0 Å². The Morgan fingerprint density at radius 3 is 2.69 bits per heavy atom. The molecular formula is C10H12ClFN2OS. The molecule has 0 spiro atoms. The van der Waals surface area contributed by atoms with Crippen molar-refractivity contribution in [2.75, 3.05) is 0 Å². The van der Waals surface area contributed by atoms with Crippen molar-refractivity contribution in [1.29, 1.82) is 0 Å². The predicted molar refractivity (Wildman–Crippen MR) is 64.7 cm³/mol. The van der Waals surface area contributed by atoms with Crippen molar-refractivity contribution in [1.82, 2.24) is 4.98 Å². The van der Waals surface area contributed by atoms with E-state index in [9.17, 15) is 8.94 Å². The fourth-order valence-corrected chi connectivity index (χ4v) is 1.46. The minimum absolute atomic E-state index is 0.0651. The third-order valence-electron chi connectivity index (χ3n) is 1.68. The van der Waals surface area contributed by atoms with Crippen LogP contribution in [0.15, 0.2) is 16.8 Å². The molecule has 0 saturated carbocycles. The van der Waals surface area contributed by atoms with Crippen LogP contribution in [0.25, 0.3) is 0 Å².